The van der Waals surface area contributed by atoms with Crippen LogP contribution in [0, 0.1) is 0 Å². The van der Waals surface area contributed by atoms with Crippen molar-refractivity contribution in [3.05, 3.63) is 60.7 Å². The van der Waals surface area contributed by atoms with Crippen LogP contribution in [0.3, 0.4) is 0 Å². The summed E-state index contributed by atoms with van der Waals surface area (Å²) in [6, 6.07) is 17.1. The van der Waals surface area contributed by atoms with Crippen LogP contribution in [0.1, 0.15) is 0 Å². The molecule has 0 N–H and O–H groups in total. The van der Waals surface area contributed by atoms with E-state index in [9.17, 15) is 9.59 Å². The predicted octanol–water partition coefficient (Wildman–Crippen LogP) is 2.24. The molecule has 4 nitrogen and oxygen atoms in total. The van der Waals surface area contributed by atoms with E-state index < -0.39 is 5.79 Å². The third kappa shape index (κ3) is 3.19. The number of ether oxygens (including phenoxy) is 2. The molecule has 0 aliphatic carbocycles. The average Bonchev–Trinajstić information content (AvgIpc) is 2.48. The fourth-order valence-corrected chi connectivity index (χ4v) is 1.49. The van der Waals surface area contributed by atoms with Crippen molar-refractivity contribution in [1.82, 2.24) is 0 Å². The minimum Gasteiger partial charge on any atom is -0.440 e. The first-order chi connectivity index (χ1) is 9.28. The zero-order valence-electron chi connectivity index (χ0n) is 10.1. The Morgan fingerprint density at radius 2 is 1.05 bits per heavy atom. The maximum absolute atomic E-state index is 11.2. The predicted molar refractivity (Wildman–Crippen MR) is 69.0 cm³/mol. The summed E-state index contributed by atoms with van der Waals surface area (Å²) < 4.78 is 10.7. The van der Waals surface area contributed by atoms with Crippen LogP contribution in [-0.4, -0.2) is 18.4 Å². The minimum atomic E-state index is -1.97. The Labute approximate surface area is 110 Å². The summed E-state index contributed by atoms with van der Waals surface area (Å²) in [5.41, 5.74) is 0. The van der Waals surface area contributed by atoms with Crippen LogP contribution >= 0.6 is 0 Å². The summed E-state index contributed by atoms with van der Waals surface area (Å²) >= 11 is 0. The number of hydrogen-bond donors (Lipinski definition) is 0. The fourth-order valence-electron chi connectivity index (χ4n) is 1.49. The molecule has 0 saturated carbocycles. The molecule has 0 atom stereocenters. The summed E-state index contributed by atoms with van der Waals surface area (Å²) in [6.45, 7) is 0. The third-order valence-corrected chi connectivity index (χ3v) is 2.37. The molecule has 0 spiro atoms. The lowest BCUT2D eigenvalue weighted by atomic mass is 10.3. The Bertz CT molecular complexity index is 485. The highest BCUT2D eigenvalue weighted by Gasteiger charge is 2.34. The first-order valence-corrected chi connectivity index (χ1v) is 5.69. The maximum Gasteiger partial charge on any atom is 0.367 e. The van der Waals surface area contributed by atoms with Gasteiger partial charge in [-0.3, -0.25) is 9.59 Å². The Hall–Kier alpha value is -2.62. The number of para-hydroxylation sites is 2. The molecule has 0 saturated heterocycles. The van der Waals surface area contributed by atoms with Crippen LogP contribution < -0.4 is 9.47 Å². The molecule has 0 radical (unpaired) electrons. The van der Waals surface area contributed by atoms with Crippen LogP contribution in [0.15, 0.2) is 60.7 Å². The van der Waals surface area contributed by atoms with Gasteiger partial charge in [-0.1, -0.05) is 36.4 Å². The van der Waals surface area contributed by atoms with E-state index >= 15 is 0 Å². The number of carbonyl (C=O) groups excluding carboxylic acids is 2. The first kappa shape index (κ1) is 12.8. The molecule has 2 aromatic carbocycles. The smallest absolute Gasteiger partial charge is 0.367 e. The van der Waals surface area contributed by atoms with Gasteiger partial charge in [-0.25, -0.2) is 0 Å². The van der Waals surface area contributed by atoms with E-state index in [1.165, 1.54) is 0 Å². The largest absolute Gasteiger partial charge is 0.440 e. The van der Waals surface area contributed by atoms with Crippen molar-refractivity contribution in [2.24, 2.45) is 0 Å². The van der Waals surface area contributed by atoms with Crippen molar-refractivity contribution in [2.75, 3.05) is 0 Å². The summed E-state index contributed by atoms with van der Waals surface area (Å²) in [6.07, 6.45) is 0.667. The second kappa shape index (κ2) is 5.82. The van der Waals surface area contributed by atoms with Crippen LogP contribution in [0.25, 0.3) is 0 Å². The van der Waals surface area contributed by atoms with E-state index in [0.717, 1.165) is 0 Å². The monoisotopic (exact) mass is 256 g/mol. The lowest BCUT2D eigenvalue weighted by Gasteiger charge is -2.24. The zero-order chi connectivity index (χ0) is 13.6. The summed E-state index contributed by atoms with van der Waals surface area (Å²) in [5.74, 6) is -1.22. The molecular weight excluding hydrogens is 244 g/mol. The third-order valence-electron chi connectivity index (χ3n) is 2.37. The summed E-state index contributed by atoms with van der Waals surface area (Å²) in [7, 11) is 0. The lowest BCUT2D eigenvalue weighted by molar-refractivity contribution is -0.157. The molecular formula is C15H12O4. The Morgan fingerprint density at radius 1 is 0.684 bits per heavy atom. The Kier molecular flexibility index (Phi) is 3.93. The van der Waals surface area contributed by atoms with Crippen LogP contribution in [0.2, 0.25) is 0 Å². The van der Waals surface area contributed by atoms with Gasteiger partial charge in [0, 0.05) is 0 Å². The van der Waals surface area contributed by atoms with Crippen LogP contribution in [0.5, 0.6) is 11.5 Å². The number of aldehydes is 2. The van der Waals surface area contributed by atoms with Gasteiger partial charge in [0.25, 0.3) is 0 Å². The molecule has 96 valence electrons. The van der Waals surface area contributed by atoms with Crippen LogP contribution in [0.4, 0.5) is 0 Å². The number of rotatable bonds is 6. The van der Waals surface area contributed by atoms with E-state index in [1.54, 1.807) is 60.7 Å². The molecule has 0 aromatic heterocycles. The molecule has 2 aromatic rings. The highest BCUT2D eigenvalue weighted by molar-refractivity contribution is 5.86. The van der Waals surface area contributed by atoms with E-state index in [-0.39, 0.29) is 0 Å². The van der Waals surface area contributed by atoms with Crippen molar-refractivity contribution < 1.29 is 19.1 Å². The minimum absolute atomic E-state index is 0.333. The van der Waals surface area contributed by atoms with Gasteiger partial charge < -0.3 is 9.47 Å². The molecule has 0 bridgehead atoms. The average molecular weight is 256 g/mol. The zero-order valence-corrected chi connectivity index (χ0v) is 10.1. The summed E-state index contributed by atoms with van der Waals surface area (Å²) in [5, 5.41) is 0. The highest BCUT2D eigenvalue weighted by Crippen LogP contribution is 2.20. The van der Waals surface area contributed by atoms with Gasteiger partial charge in [0.15, 0.2) is 0 Å². The van der Waals surface area contributed by atoms with Crippen molar-refractivity contribution >= 4 is 12.6 Å². The molecule has 0 amide bonds. The van der Waals surface area contributed by atoms with Gasteiger partial charge in [-0.2, -0.15) is 0 Å². The summed E-state index contributed by atoms with van der Waals surface area (Å²) in [4.78, 5) is 22.4. The number of hydrogen-bond acceptors (Lipinski definition) is 4. The van der Waals surface area contributed by atoms with Crippen molar-refractivity contribution in [3.8, 4) is 11.5 Å². The van der Waals surface area contributed by atoms with Crippen molar-refractivity contribution in [1.29, 1.82) is 0 Å². The molecule has 0 fully saturated rings. The van der Waals surface area contributed by atoms with Gasteiger partial charge >= 0.3 is 5.79 Å². The van der Waals surface area contributed by atoms with Gasteiger partial charge in [-0.15, -0.1) is 0 Å². The van der Waals surface area contributed by atoms with Gasteiger partial charge in [-0.05, 0) is 24.3 Å². The second-order valence-corrected chi connectivity index (χ2v) is 3.79. The highest BCUT2D eigenvalue weighted by atomic mass is 16.7. The Balaban J connectivity index is 2.23. The lowest BCUT2D eigenvalue weighted by Crippen LogP contribution is -2.46. The quantitative estimate of drug-likeness (QED) is 0.452. The van der Waals surface area contributed by atoms with Gasteiger partial charge in [0.05, 0.1) is 0 Å². The van der Waals surface area contributed by atoms with Crippen molar-refractivity contribution in [3.63, 3.8) is 0 Å². The molecule has 0 heterocycles. The number of carbonyl (C=O) groups is 2. The van der Waals surface area contributed by atoms with E-state index in [4.69, 9.17) is 9.47 Å². The van der Waals surface area contributed by atoms with E-state index in [2.05, 4.69) is 0 Å². The molecule has 0 unspecified atom stereocenters. The van der Waals surface area contributed by atoms with E-state index in [0.29, 0.717) is 24.1 Å². The van der Waals surface area contributed by atoms with Crippen LogP contribution in [-0.2, 0) is 9.59 Å². The molecule has 2 rings (SSSR count). The fraction of sp³-hybridized carbons (Fsp3) is 0.0667. The normalized spacial score (nSPS) is 10.5. The topological polar surface area (TPSA) is 52.6 Å². The Morgan fingerprint density at radius 3 is 1.37 bits per heavy atom. The molecule has 4 heteroatoms. The molecule has 0 aliphatic heterocycles. The maximum atomic E-state index is 11.2. The van der Waals surface area contributed by atoms with Gasteiger partial charge in [0.1, 0.15) is 11.5 Å². The van der Waals surface area contributed by atoms with Gasteiger partial charge in [0.2, 0.25) is 12.6 Å². The first-order valence-electron chi connectivity index (χ1n) is 5.69. The second-order valence-electron chi connectivity index (χ2n) is 3.79. The van der Waals surface area contributed by atoms with E-state index in [1.807, 2.05) is 0 Å². The van der Waals surface area contributed by atoms with Crippen molar-refractivity contribution in [2.45, 2.75) is 5.79 Å². The molecule has 19 heavy (non-hydrogen) atoms. The SMILES string of the molecule is O=CC(C=O)(Oc1ccccc1)Oc1ccccc1. The molecule has 0 aliphatic rings. The number of benzene rings is 2. The standard InChI is InChI=1S/C15H12O4/c16-11-15(12-17,18-13-7-3-1-4-8-13)19-14-9-5-2-6-10-14/h1-12H.